The molecule has 1 rings (SSSR count). The van der Waals surface area contributed by atoms with Crippen LogP contribution >= 0.6 is 0 Å². The smallest absolute Gasteiger partial charge is 0.135 e. The molecule has 0 aliphatic heterocycles. The van der Waals surface area contributed by atoms with E-state index in [0.717, 1.165) is 0 Å². The fourth-order valence-electron chi connectivity index (χ4n) is 0.397. The number of aryl methyl sites for hydroxylation is 1. The lowest BCUT2D eigenvalue weighted by molar-refractivity contribution is -0.278. The van der Waals surface area contributed by atoms with Gasteiger partial charge in [-0.15, -0.1) is 0 Å². The largest absolute Gasteiger partial charge is 0.856 e. The quantitative estimate of drug-likeness (QED) is 0.487. The van der Waals surface area contributed by atoms with E-state index in [1.54, 1.807) is 13.8 Å². The number of rotatable bonds is 0. The van der Waals surface area contributed by atoms with Gasteiger partial charge in [-0.1, -0.05) is 5.16 Å². The molecule has 3 nitrogen and oxygen atoms in total. The maximum absolute atomic E-state index is 10.4. The Morgan fingerprint density at radius 1 is 1.50 bits per heavy atom. The second-order valence-corrected chi connectivity index (χ2v) is 1.67. The summed E-state index contributed by atoms with van der Waals surface area (Å²) in [6.07, 6.45) is 0. The van der Waals surface area contributed by atoms with Crippen LogP contribution in [-0.2, 0) is 0 Å². The molecule has 0 saturated carbocycles. The van der Waals surface area contributed by atoms with Crippen LogP contribution in [0.4, 0.5) is 0 Å². The van der Waals surface area contributed by atoms with Gasteiger partial charge >= 0.3 is 0 Å². The topological polar surface area (TPSA) is 49.1 Å². The summed E-state index contributed by atoms with van der Waals surface area (Å²) in [6, 6.07) is 0. The minimum absolute atomic E-state index is 0.262. The molecule has 0 atom stereocenters. The van der Waals surface area contributed by atoms with Crippen molar-refractivity contribution in [3.63, 3.8) is 0 Å². The maximum Gasteiger partial charge on any atom is 0.135 e. The zero-order chi connectivity index (χ0) is 6.15. The van der Waals surface area contributed by atoms with Crippen molar-refractivity contribution < 1.29 is 9.63 Å². The zero-order valence-corrected chi connectivity index (χ0v) is 4.76. The first-order chi connectivity index (χ1) is 3.72. The first-order valence-electron chi connectivity index (χ1n) is 2.31. The van der Waals surface area contributed by atoms with E-state index in [0.29, 0.717) is 11.3 Å². The van der Waals surface area contributed by atoms with E-state index in [-0.39, 0.29) is 5.88 Å². The molecule has 0 spiro atoms. The molecule has 0 unspecified atom stereocenters. The molecule has 0 radical (unpaired) electrons. The summed E-state index contributed by atoms with van der Waals surface area (Å²) in [5.74, 6) is 0.345. The molecular weight excluding hydrogens is 106 g/mol. The number of nitrogens with zero attached hydrogens (tertiary/aromatic N) is 1. The van der Waals surface area contributed by atoms with Crippen LogP contribution < -0.4 is 5.11 Å². The van der Waals surface area contributed by atoms with Crippen LogP contribution in [0.5, 0.6) is 5.88 Å². The molecule has 0 amide bonds. The molecule has 8 heavy (non-hydrogen) atoms. The first-order valence-corrected chi connectivity index (χ1v) is 2.31. The fourth-order valence-corrected chi connectivity index (χ4v) is 0.397. The highest BCUT2D eigenvalue weighted by Crippen LogP contribution is 2.12. The van der Waals surface area contributed by atoms with E-state index in [2.05, 4.69) is 9.68 Å². The molecule has 0 N–H and O–H groups in total. The van der Waals surface area contributed by atoms with Crippen LogP contribution in [0.15, 0.2) is 4.52 Å². The van der Waals surface area contributed by atoms with Gasteiger partial charge in [0.25, 0.3) is 0 Å². The molecule has 0 aliphatic rings. The summed E-state index contributed by atoms with van der Waals surface area (Å²) in [5.41, 5.74) is 0.602. The van der Waals surface area contributed by atoms with Gasteiger partial charge in [-0.2, -0.15) is 0 Å². The summed E-state index contributed by atoms with van der Waals surface area (Å²) < 4.78 is 4.53. The lowest BCUT2D eigenvalue weighted by Gasteiger charge is -1.93. The van der Waals surface area contributed by atoms with Crippen molar-refractivity contribution in [3.05, 3.63) is 11.3 Å². The van der Waals surface area contributed by atoms with Crippen LogP contribution in [0.2, 0.25) is 0 Å². The number of hydrogen-bond donors (Lipinski definition) is 0. The van der Waals surface area contributed by atoms with Gasteiger partial charge in [0.15, 0.2) is 0 Å². The maximum atomic E-state index is 10.4. The molecule has 0 aliphatic carbocycles. The standard InChI is InChI=1S/C5H7NO2/c1-3-4(2)8-6-5(3)7/h1-2H3,(H,6,7)/p-1. The third-order valence-corrected chi connectivity index (χ3v) is 1.11. The number of hydrogen-bond acceptors (Lipinski definition) is 3. The average molecular weight is 112 g/mol. The predicted molar refractivity (Wildman–Crippen MR) is 25.4 cm³/mol. The van der Waals surface area contributed by atoms with E-state index < -0.39 is 0 Å². The Hall–Kier alpha value is -0.990. The summed E-state index contributed by atoms with van der Waals surface area (Å²) >= 11 is 0. The van der Waals surface area contributed by atoms with Crippen LogP contribution in [-0.4, -0.2) is 5.16 Å². The number of aromatic nitrogens is 1. The van der Waals surface area contributed by atoms with Crippen LogP contribution in [0, 0.1) is 13.8 Å². The summed E-state index contributed by atoms with van der Waals surface area (Å²) in [4.78, 5) is 0. The Morgan fingerprint density at radius 3 is 2.25 bits per heavy atom. The molecule has 0 fully saturated rings. The molecule has 3 heteroatoms. The van der Waals surface area contributed by atoms with E-state index in [9.17, 15) is 5.11 Å². The molecule has 1 heterocycles. The van der Waals surface area contributed by atoms with Crippen LogP contribution in [0.1, 0.15) is 11.3 Å². The second-order valence-electron chi connectivity index (χ2n) is 1.67. The monoisotopic (exact) mass is 112 g/mol. The van der Waals surface area contributed by atoms with Crippen molar-refractivity contribution in [2.45, 2.75) is 13.8 Å². The highest BCUT2D eigenvalue weighted by Gasteiger charge is 1.95. The molecule has 1 aromatic heterocycles. The zero-order valence-electron chi connectivity index (χ0n) is 4.76. The van der Waals surface area contributed by atoms with Gasteiger partial charge in [0, 0.05) is 11.4 Å². The van der Waals surface area contributed by atoms with Crippen molar-refractivity contribution in [3.8, 4) is 5.88 Å². The van der Waals surface area contributed by atoms with Gasteiger partial charge < -0.3 is 9.63 Å². The van der Waals surface area contributed by atoms with Crippen molar-refractivity contribution in [2.24, 2.45) is 0 Å². The minimum Gasteiger partial charge on any atom is -0.856 e. The third kappa shape index (κ3) is 0.559. The van der Waals surface area contributed by atoms with E-state index in [1.165, 1.54) is 0 Å². The molecule has 0 saturated heterocycles. The average Bonchev–Trinajstić information content (AvgIpc) is 1.98. The van der Waals surface area contributed by atoms with E-state index in [4.69, 9.17) is 0 Å². The molecule has 1 aromatic rings. The fraction of sp³-hybridized carbons (Fsp3) is 0.400. The normalized spacial score (nSPS) is 9.75. The SMILES string of the molecule is Cc1onc([O-])c1C. The molecule has 0 aromatic carbocycles. The van der Waals surface area contributed by atoms with Crippen molar-refractivity contribution >= 4 is 0 Å². The van der Waals surface area contributed by atoms with Crippen molar-refractivity contribution in [2.75, 3.05) is 0 Å². The van der Waals surface area contributed by atoms with Gasteiger partial charge in [0.2, 0.25) is 0 Å². The molecular formula is C5H6NO2-. The Balaban J connectivity index is 3.19. The highest BCUT2D eigenvalue weighted by molar-refractivity contribution is 5.22. The van der Waals surface area contributed by atoms with Crippen LogP contribution in [0.3, 0.4) is 0 Å². The lowest BCUT2D eigenvalue weighted by Crippen LogP contribution is -1.90. The van der Waals surface area contributed by atoms with Gasteiger partial charge in [0.1, 0.15) is 5.76 Å². The Labute approximate surface area is 46.9 Å². The van der Waals surface area contributed by atoms with Gasteiger partial charge in [0.05, 0.1) is 0 Å². The summed E-state index contributed by atoms with van der Waals surface area (Å²) in [6.45, 7) is 3.40. The van der Waals surface area contributed by atoms with Gasteiger partial charge in [-0.25, -0.2) is 0 Å². The van der Waals surface area contributed by atoms with Crippen molar-refractivity contribution in [1.82, 2.24) is 5.16 Å². The summed E-state index contributed by atoms with van der Waals surface area (Å²) in [5, 5.41) is 13.6. The van der Waals surface area contributed by atoms with E-state index >= 15 is 0 Å². The minimum atomic E-state index is -0.262. The molecule has 44 valence electrons. The first kappa shape index (κ1) is 5.15. The Bertz CT molecular complexity index is 173. The second kappa shape index (κ2) is 1.51. The van der Waals surface area contributed by atoms with Gasteiger partial charge in [-0.05, 0) is 13.8 Å². The Morgan fingerprint density at radius 2 is 2.12 bits per heavy atom. The van der Waals surface area contributed by atoms with Gasteiger partial charge in [-0.3, -0.25) is 0 Å². The highest BCUT2D eigenvalue weighted by atomic mass is 16.5. The predicted octanol–water partition coefficient (Wildman–Crippen LogP) is 0.365. The Kier molecular flexibility index (Phi) is 0.970. The van der Waals surface area contributed by atoms with Crippen LogP contribution in [0.25, 0.3) is 0 Å². The van der Waals surface area contributed by atoms with E-state index in [1.807, 2.05) is 0 Å². The lowest BCUT2D eigenvalue weighted by atomic mass is 10.3. The van der Waals surface area contributed by atoms with Crippen molar-refractivity contribution in [1.29, 1.82) is 0 Å². The molecule has 0 bridgehead atoms. The third-order valence-electron chi connectivity index (χ3n) is 1.11. The summed E-state index contributed by atoms with van der Waals surface area (Å²) in [7, 11) is 0.